The summed E-state index contributed by atoms with van der Waals surface area (Å²) in [6, 6.07) is 17.5. The Labute approximate surface area is 128 Å². The van der Waals surface area contributed by atoms with Gasteiger partial charge in [-0.1, -0.05) is 62.4 Å². The first-order valence-electron chi connectivity index (χ1n) is 7.78. The molecule has 0 fully saturated rings. The van der Waals surface area contributed by atoms with Crippen molar-refractivity contribution in [2.24, 2.45) is 11.7 Å². The maximum absolute atomic E-state index is 5.58. The number of hydrogen-bond donors (Lipinski definition) is 2. The van der Waals surface area contributed by atoms with Gasteiger partial charge in [-0.15, -0.1) is 0 Å². The highest BCUT2D eigenvalue weighted by molar-refractivity contribution is 5.63. The third kappa shape index (κ3) is 5.00. The Hall–Kier alpha value is -1.64. The Morgan fingerprint density at radius 1 is 0.857 bits per heavy atom. The quantitative estimate of drug-likeness (QED) is 0.814. The molecule has 0 aliphatic heterocycles. The molecule has 0 heterocycles. The summed E-state index contributed by atoms with van der Waals surface area (Å²) in [5, 5.41) is 3.47. The van der Waals surface area contributed by atoms with E-state index in [1.54, 1.807) is 0 Å². The summed E-state index contributed by atoms with van der Waals surface area (Å²) < 4.78 is 0. The van der Waals surface area contributed by atoms with Crippen molar-refractivity contribution < 1.29 is 0 Å². The van der Waals surface area contributed by atoms with Crippen molar-refractivity contribution in [2.75, 3.05) is 13.1 Å². The Kier molecular flexibility index (Phi) is 5.97. The van der Waals surface area contributed by atoms with Gasteiger partial charge in [0.15, 0.2) is 0 Å². The van der Waals surface area contributed by atoms with Crippen molar-refractivity contribution in [3.63, 3.8) is 0 Å². The normalized spacial score (nSPS) is 11.0. The van der Waals surface area contributed by atoms with Gasteiger partial charge in [-0.05, 0) is 47.7 Å². The second-order valence-corrected chi connectivity index (χ2v) is 5.96. The molecule has 0 saturated heterocycles. The standard InChI is InChI=1S/C19H26N2/c1-15(2)13-21-14-17-5-9-19(10-6-17)18-7-3-16(4-8-18)11-12-20/h3-10,15,21H,11-14,20H2,1-2H3. The zero-order valence-electron chi connectivity index (χ0n) is 13.1. The van der Waals surface area contributed by atoms with Gasteiger partial charge in [-0.25, -0.2) is 0 Å². The predicted octanol–water partition coefficient (Wildman–Crippen LogP) is 3.60. The Bertz CT molecular complexity index is 526. The summed E-state index contributed by atoms with van der Waals surface area (Å²) in [5.74, 6) is 0.691. The van der Waals surface area contributed by atoms with Crippen LogP contribution in [0.25, 0.3) is 11.1 Å². The molecule has 0 aliphatic carbocycles. The Morgan fingerprint density at radius 3 is 1.86 bits per heavy atom. The lowest BCUT2D eigenvalue weighted by Crippen LogP contribution is -2.18. The topological polar surface area (TPSA) is 38.0 Å². The first kappa shape index (κ1) is 15.7. The summed E-state index contributed by atoms with van der Waals surface area (Å²) in [4.78, 5) is 0. The van der Waals surface area contributed by atoms with Crippen LogP contribution in [0.4, 0.5) is 0 Å². The second-order valence-electron chi connectivity index (χ2n) is 5.96. The Morgan fingerprint density at radius 2 is 1.38 bits per heavy atom. The number of nitrogens with one attached hydrogen (secondary N) is 1. The second kappa shape index (κ2) is 7.96. The molecule has 2 aromatic carbocycles. The lowest BCUT2D eigenvalue weighted by Gasteiger charge is -2.08. The molecule has 3 N–H and O–H groups in total. The van der Waals surface area contributed by atoms with Crippen molar-refractivity contribution in [2.45, 2.75) is 26.8 Å². The van der Waals surface area contributed by atoms with Crippen LogP contribution < -0.4 is 11.1 Å². The number of nitrogens with two attached hydrogens (primary N) is 1. The van der Waals surface area contributed by atoms with E-state index in [0.717, 1.165) is 19.5 Å². The van der Waals surface area contributed by atoms with Gasteiger partial charge < -0.3 is 11.1 Å². The van der Waals surface area contributed by atoms with Crippen molar-refractivity contribution >= 4 is 0 Å². The number of rotatable bonds is 7. The van der Waals surface area contributed by atoms with Crippen molar-refractivity contribution in [3.8, 4) is 11.1 Å². The first-order valence-corrected chi connectivity index (χ1v) is 7.78. The van der Waals surface area contributed by atoms with Gasteiger partial charge in [0.25, 0.3) is 0 Å². The molecule has 0 aromatic heterocycles. The van der Waals surface area contributed by atoms with Crippen LogP contribution in [0.2, 0.25) is 0 Å². The lowest BCUT2D eigenvalue weighted by atomic mass is 10.0. The summed E-state index contributed by atoms with van der Waals surface area (Å²) in [5.41, 5.74) is 10.7. The van der Waals surface area contributed by atoms with E-state index in [2.05, 4.69) is 67.7 Å². The van der Waals surface area contributed by atoms with Gasteiger partial charge in [-0.2, -0.15) is 0 Å². The molecule has 0 atom stereocenters. The molecule has 0 saturated carbocycles. The van der Waals surface area contributed by atoms with E-state index in [1.807, 2.05) is 0 Å². The Balaban J connectivity index is 1.97. The van der Waals surface area contributed by atoms with Gasteiger partial charge in [-0.3, -0.25) is 0 Å². The van der Waals surface area contributed by atoms with Gasteiger partial charge in [0.1, 0.15) is 0 Å². The van der Waals surface area contributed by atoms with Crippen LogP contribution in [0.5, 0.6) is 0 Å². The molecule has 21 heavy (non-hydrogen) atoms. The van der Waals surface area contributed by atoms with E-state index in [9.17, 15) is 0 Å². The summed E-state index contributed by atoms with van der Waals surface area (Å²) in [6.07, 6.45) is 0.945. The highest BCUT2D eigenvalue weighted by Gasteiger charge is 2.00. The number of benzene rings is 2. The summed E-state index contributed by atoms with van der Waals surface area (Å²) in [6.45, 7) is 7.16. The zero-order valence-corrected chi connectivity index (χ0v) is 13.1. The van der Waals surface area contributed by atoms with E-state index in [-0.39, 0.29) is 0 Å². The van der Waals surface area contributed by atoms with E-state index in [0.29, 0.717) is 12.5 Å². The largest absolute Gasteiger partial charge is 0.330 e. The SMILES string of the molecule is CC(C)CNCc1ccc(-c2ccc(CCN)cc2)cc1. The molecule has 2 aromatic rings. The smallest absolute Gasteiger partial charge is 0.0205 e. The molecule has 2 heteroatoms. The average Bonchev–Trinajstić information content (AvgIpc) is 2.49. The molecule has 0 radical (unpaired) electrons. The molecular weight excluding hydrogens is 256 g/mol. The van der Waals surface area contributed by atoms with Crippen LogP contribution in [0.1, 0.15) is 25.0 Å². The maximum atomic E-state index is 5.58. The molecule has 0 unspecified atom stereocenters. The third-order valence-electron chi connectivity index (χ3n) is 3.56. The minimum absolute atomic E-state index is 0.691. The van der Waals surface area contributed by atoms with Gasteiger partial charge >= 0.3 is 0 Å². The van der Waals surface area contributed by atoms with Gasteiger partial charge in [0.2, 0.25) is 0 Å². The van der Waals surface area contributed by atoms with E-state index >= 15 is 0 Å². The van der Waals surface area contributed by atoms with E-state index < -0.39 is 0 Å². The molecular formula is C19H26N2. The predicted molar refractivity (Wildman–Crippen MR) is 91.2 cm³/mol. The van der Waals surface area contributed by atoms with Crippen LogP contribution in [0, 0.1) is 5.92 Å². The minimum Gasteiger partial charge on any atom is -0.330 e. The summed E-state index contributed by atoms with van der Waals surface area (Å²) in [7, 11) is 0. The third-order valence-corrected chi connectivity index (χ3v) is 3.56. The number of hydrogen-bond acceptors (Lipinski definition) is 2. The van der Waals surface area contributed by atoms with Crippen LogP contribution >= 0.6 is 0 Å². The monoisotopic (exact) mass is 282 g/mol. The molecule has 2 nitrogen and oxygen atoms in total. The fraction of sp³-hybridized carbons (Fsp3) is 0.368. The van der Waals surface area contributed by atoms with Crippen LogP contribution in [-0.4, -0.2) is 13.1 Å². The van der Waals surface area contributed by atoms with Crippen LogP contribution in [0.3, 0.4) is 0 Å². The average molecular weight is 282 g/mol. The molecule has 0 aliphatic rings. The molecule has 0 amide bonds. The summed E-state index contributed by atoms with van der Waals surface area (Å²) >= 11 is 0. The molecule has 112 valence electrons. The van der Waals surface area contributed by atoms with Crippen molar-refractivity contribution in [1.82, 2.24) is 5.32 Å². The van der Waals surface area contributed by atoms with E-state index in [4.69, 9.17) is 5.73 Å². The molecule has 2 rings (SSSR count). The molecule has 0 bridgehead atoms. The highest BCUT2D eigenvalue weighted by atomic mass is 14.8. The van der Waals surface area contributed by atoms with Crippen LogP contribution in [0.15, 0.2) is 48.5 Å². The minimum atomic E-state index is 0.691. The zero-order chi connectivity index (χ0) is 15.1. The first-order chi connectivity index (χ1) is 10.2. The highest BCUT2D eigenvalue weighted by Crippen LogP contribution is 2.20. The van der Waals surface area contributed by atoms with Crippen molar-refractivity contribution in [3.05, 3.63) is 59.7 Å². The maximum Gasteiger partial charge on any atom is 0.0205 e. The lowest BCUT2D eigenvalue weighted by molar-refractivity contribution is 0.552. The van der Waals surface area contributed by atoms with Gasteiger partial charge in [0, 0.05) is 6.54 Å². The fourth-order valence-electron chi connectivity index (χ4n) is 2.35. The molecule has 0 spiro atoms. The van der Waals surface area contributed by atoms with Crippen LogP contribution in [-0.2, 0) is 13.0 Å². The fourth-order valence-corrected chi connectivity index (χ4v) is 2.35. The van der Waals surface area contributed by atoms with Crippen molar-refractivity contribution in [1.29, 1.82) is 0 Å². The van der Waals surface area contributed by atoms with E-state index in [1.165, 1.54) is 22.3 Å². The van der Waals surface area contributed by atoms with Gasteiger partial charge in [0.05, 0.1) is 0 Å².